The van der Waals surface area contributed by atoms with E-state index in [-0.39, 0.29) is 0 Å². The molecule has 20 heavy (non-hydrogen) atoms. The Hall–Kier alpha value is -2.10. The summed E-state index contributed by atoms with van der Waals surface area (Å²) in [6.07, 6.45) is 4.81. The Morgan fingerprint density at radius 1 is 1.05 bits per heavy atom. The largest absolute Gasteiger partial charge is 0.439 e. The number of aryl methyl sites for hydroxylation is 1. The number of hydrogen-bond acceptors (Lipinski definition) is 4. The van der Waals surface area contributed by atoms with E-state index in [1.165, 1.54) is 11.9 Å². The molecule has 1 N–H and O–H groups in total. The van der Waals surface area contributed by atoms with E-state index in [1.54, 1.807) is 0 Å². The fourth-order valence-electron chi connectivity index (χ4n) is 1.88. The van der Waals surface area contributed by atoms with Crippen LogP contribution < -0.4 is 10.1 Å². The smallest absolute Gasteiger partial charge is 0.224 e. The third-order valence-electron chi connectivity index (χ3n) is 2.88. The van der Waals surface area contributed by atoms with E-state index in [9.17, 15) is 0 Å². The second-order valence-electron chi connectivity index (χ2n) is 4.66. The third-order valence-corrected chi connectivity index (χ3v) is 2.88. The Morgan fingerprint density at radius 3 is 2.55 bits per heavy atom. The maximum absolute atomic E-state index is 5.74. The van der Waals surface area contributed by atoms with Crippen LogP contribution in [0.2, 0.25) is 0 Å². The number of hydrogen-bond donors (Lipinski definition) is 1. The lowest BCUT2D eigenvalue weighted by molar-refractivity contribution is 0.461. The summed E-state index contributed by atoms with van der Waals surface area (Å²) in [4.78, 5) is 8.28. The molecule has 0 aliphatic rings. The molecule has 4 nitrogen and oxygen atoms in total. The molecule has 0 aliphatic carbocycles. The molecule has 0 aliphatic heterocycles. The molecular formula is C16H21N3O. The lowest BCUT2D eigenvalue weighted by atomic mass is 10.1. The Kier molecular flexibility index (Phi) is 5.35. The van der Waals surface area contributed by atoms with Gasteiger partial charge in [-0.15, -0.1) is 0 Å². The summed E-state index contributed by atoms with van der Waals surface area (Å²) in [5, 5.41) is 3.22. The Balaban J connectivity index is 2.01. The predicted octanol–water partition coefficient (Wildman–Crippen LogP) is 4.04. The van der Waals surface area contributed by atoms with Gasteiger partial charge in [-0.3, -0.25) is 0 Å². The molecule has 0 bridgehead atoms. The van der Waals surface area contributed by atoms with Crippen LogP contribution in [0.1, 0.15) is 32.3 Å². The number of nitrogens with zero attached hydrogens (tertiary/aromatic N) is 2. The molecule has 0 saturated carbocycles. The first kappa shape index (κ1) is 14.3. The quantitative estimate of drug-likeness (QED) is 0.825. The van der Waals surface area contributed by atoms with Gasteiger partial charge in [0.1, 0.15) is 17.9 Å². The molecule has 0 amide bonds. The molecule has 0 atom stereocenters. The second kappa shape index (κ2) is 7.48. The number of ether oxygens (including phenoxy) is 1. The van der Waals surface area contributed by atoms with Crippen LogP contribution in [0.25, 0.3) is 0 Å². The highest BCUT2D eigenvalue weighted by molar-refractivity contribution is 5.39. The van der Waals surface area contributed by atoms with Crippen molar-refractivity contribution in [3.05, 3.63) is 42.2 Å². The van der Waals surface area contributed by atoms with Gasteiger partial charge in [0, 0.05) is 12.6 Å². The number of rotatable bonds is 7. The monoisotopic (exact) mass is 271 g/mol. The van der Waals surface area contributed by atoms with E-state index < -0.39 is 0 Å². The van der Waals surface area contributed by atoms with Crippen LogP contribution >= 0.6 is 0 Å². The molecule has 4 heteroatoms. The zero-order valence-corrected chi connectivity index (χ0v) is 12.1. The summed E-state index contributed by atoms with van der Waals surface area (Å²) in [7, 11) is 0. The highest BCUT2D eigenvalue weighted by atomic mass is 16.5. The summed E-state index contributed by atoms with van der Waals surface area (Å²) in [6.45, 7) is 5.18. The average molecular weight is 271 g/mol. The lowest BCUT2D eigenvalue weighted by Crippen LogP contribution is -2.02. The first-order valence-corrected chi connectivity index (χ1v) is 7.14. The van der Waals surface area contributed by atoms with Gasteiger partial charge in [0.15, 0.2) is 0 Å². The normalized spacial score (nSPS) is 10.3. The van der Waals surface area contributed by atoms with Gasteiger partial charge < -0.3 is 10.1 Å². The van der Waals surface area contributed by atoms with E-state index >= 15 is 0 Å². The zero-order chi connectivity index (χ0) is 14.2. The van der Waals surface area contributed by atoms with E-state index in [4.69, 9.17) is 4.74 Å². The third kappa shape index (κ3) is 4.23. The van der Waals surface area contributed by atoms with Crippen LogP contribution in [-0.4, -0.2) is 16.5 Å². The Morgan fingerprint density at radius 2 is 1.85 bits per heavy atom. The predicted molar refractivity (Wildman–Crippen MR) is 81.3 cm³/mol. The van der Waals surface area contributed by atoms with Crippen molar-refractivity contribution < 1.29 is 4.74 Å². The maximum atomic E-state index is 5.74. The van der Waals surface area contributed by atoms with Gasteiger partial charge >= 0.3 is 0 Å². The van der Waals surface area contributed by atoms with E-state index in [0.717, 1.165) is 37.4 Å². The standard InChI is InChI=1S/C16H21N3O/c1-3-5-13-6-8-14(9-7-13)20-16-11-15(17-10-4-2)18-12-19-16/h6-9,11-12H,3-5,10H2,1-2H3,(H,17,18,19). The van der Waals surface area contributed by atoms with Gasteiger partial charge in [-0.25, -0.2) is 9.97 Å². The highest BCUT2D eigenvalue weighted by Crippen LogP contribution is 2.21. The van der Waals surface area contributed by atoms with Crippen LogP contribution in [0.5, 0.6) is 11.6 Å². The number of aromatic nitrogens is 2. The molecule has 1 aromatic heterocycles. The van der Waals surface area contributed by atoms with E-state index in [1.807, 2.05) is 18.2 Å². The van der Waals surface area contributed by atoms with Gasteiger partial charge in [-0.1, -0.05) is 32.4 Å². The summed E-state index contributed by atoms with van der Waals surface area (Å²) < 4.78 is 5.74. The van der Waals surface area contributed by atoms with Crippen molar-refractivity contribution in [2.24, 2.45) is 0 Å². The van der Waals surface area contributed by atoms with E-state index in [2.05, 4.69) is 41.3 Å². The van der Waals surface area contributed by atoms with Crippen molar-refractivity contribution in [1.29, 1.82) is 0 Å². The number of nitrogens with one attached hydrogen (secondary N) is 1. The second-order valence-corrected chi connectivity index (χ2v) is 4.66. The van der Waals surface area contributed by atoms with Crippen molar-refractivity contribution in [2.45, 2.75) is 33.1 Å². The summed E-state index contributed by atoms with van der Waals surface area (Å²) in [5.74, 6) is 2.14. The highest BCUT2D eigenvalue weighted by Gasteiger charge is 2.01. The molecule has 0 unspecified atom stereocenters. The van der Waals surface area contributed by atoms with Gasteiger partial charge in [-0.05, 0) is 30.5 Å². The average Bonchev–Trinajstić information content (AvgIpc) is 2.48. The first-order chi connectivity index (χ1) is 9.81. The SMILES string of the molecule is CCCNc1cc(Oc2ccc(CCC)cc2)ncn1. The first-order valence-electron chi connectivity index (χ1n) is 7.14. The fraction of sp³-hybridized carbons (Fsp3) is 0.375. The number of anilines is 1. The van der Waals surface area contributed by atoms with Crippen LogP contribution in [0.15, 0.2) is 36.7 Å². The fourth-order valence-corrected chi connectivity index (χ4v) is 1.88. The van der Waals surface area contributed by atoms with Crippen LogP contribution in [0.3, 0.4) is 0 Å². The molecule has 0 spiro atoms. The van der Waals surface area contributed by atoms with Gasteiger partial charge in [-0.2, -0.15) is 0 Å². The van der Waals surface area contributed by atoms with Crippen molar-refractivity contribution in [2.75, 3.05) is 11.9 Å². The summed E-state index contributed by atoms with van der Waals surface area (Å²) in [5.41, 5.74) is 1.33. The van der Waals surface area contributed by atoms with Crippen LogP contribution in [0, 0.1) is 0 Å². The number of benzene rings is 1. The van der Waals surface area contributed by atoms with Gasteiger partial charge in [0.2, 0.25) is 5.88 Å². The molecule has 0 fully saturated rings. The molecule has 0 radical (unpaired) electrons. The summed E-state index contributed by atoms with van der Waals surface area (Å²) in [6, 6.07) is 9.96. The van der Waals surface area contributed by atoms with E-state index in [0.29, 0.717) is 5.88 Å². The molecule has 1 aromatic carbocycles. The van der Waals surface area contributed by atoms with Crippen molar-refractivity contribution in [3.63, 3.8) is 0 Å². The molecule has 0 saturated heterocycles. The van der Waals surface area contributed by atoms with Crippen molar-refractivity contribution >= 4 is 5.82 Å². The maximum Gasteiger partial charge on any atom is 0.224 e. The molecule has 106 valence electrons. The van der Waals surface area contributed by atoms with Crippen LogP contribution in [-0.2, 0) is 6.42 Å². The minimum absolute atomic E-state index is 0.557. The Labute approximate surface area is 120 Å². The minimum atomic E-state index is 0.557. The van der Waals surface area contributed by atoms with Crippen LogP contribution in [0.4, 0.5) is 5.82 Å². The van der Waals surface area contributed by atoms with Gasteiger partial charge in [0.25, 0.3) is 0 Å². The summed E-state index contributed by atoms with van der Waals surface area (Å²) >= 11 is 0. The Bertz CT molecular complexity index is 526. The molecular weight excluding hydrogens is 250 g/mol. The van der Waals surface area contributed by atoms with Crippen molar-refractivity contribution in [3.8, 4) is 11.6 Å². The molecule has 2 rings (SSSR count). The topological polar surface area (TPSA) is 47.0 Å². The zero-order valence-electron chi connectivity index (χ0n) is 12.1. The van der Waals surface area contributed by atoms with Gasteiger partial charge in [0.05, 0.1) is 0 Å². The lowest BCUT2D eigenvalue weighted by Gasteiger charge is -2.07. The molecule has 1 heterocycles. The van der Waals surface area contributed by atoms with Crippen molar-refractivity contribution in [1.82, 2.24) is 9.97 Å². The minimum Gasteiger partial charge on any atom is -0.439 e. The molecule has 2 aromatic rings.